The molecule has 2 aromatic carbocycles. The summed E-state index contributed by atoms with van der Waals surface area (Å²) in [5.41, 5.74) is 1.51. The lowest BCUT2D eigenvalue weighted by molar-refractivity contribution is -0.120. The van der Waals surface area contributed by atoms with Crippen LogP contribution in [0.2, 0.25) is 5.02 Å². The number of para-hydroxylation sites is 1. The van der Waals surface area contributed by atoms with Crippen LogP contribution in [-0.4, -0.2) is 38.1 Å². The molecule has 0 atom stereocenters. The Balaban J connectivity index is 1.66. The van der Waals surface area contributed by atoms with Gasteiger partial charge in [0.2, 0.25) is 11.8 Å². The number of amides is 2. The average molecular weight is 422 g/mol. The van der Waals surface area contributed by atoms with Crippen molar-refractivity contribution in [1.29, 1.82) is 0 Å². The number of halogens is 3. The zero-order valence-corrected chi connectivity index (χ0v) is 16.0. The number of benzene rings is 2. The van der Waals surface area contributed by atoms with Crippen LogP contribution in [0.3, 0.4) is 0 Å². The molecule has 1 aliphatic rings. The van der Waals surface area contributed by atoms with E-state index in [-0.39, 0.29) is 18.2 Å². The minimum atomic E-state index is -2.95. The fraction of sp³-hybridized carbons (Fsp3) is 0.200. The summed E-state index contributed by atoms with van der Waals surface area (Å²) >= 11 is 6.31. The smallest absolute Gasteiger partial charge is 0.387 e. The van der Waals surface area contributed by atoms with Crippen molar-refractivity contribution in [2.24, 2.45) is 0 Å². The van der Waals surface area contributed by atoms with Crippen molar-refractivity contribution >= 4 is 40.9 Å². The lowest BCUT2D eigenvalue weighted by Crippen LogP contribution is -2.47. The number of carbonyl (C=O) groups excluding carboxylic acids is 2. The van der Waals surface area contributed by atoms with E-state index in [0.29, 0.717) is 35.1 Å². The number of nitrogens with zero attached hydrogens (tertiary/aromatic N) is 1. The molecule has 0 spiro atoms. The molecular weight excluding hydrogens is 404 g/mol. The van der Waals surface area contributed by atoms with Crippen molar-refractivity contribution in [3.05, 3.63) is 59.1 Å². The van der Waals surface area contributed by atoms with Gasteiger partial charge in [-0.2, -0.15) is 8.78 Å². The van der Waals surface area contributed by atoms with Crippen LogP contribution in [0.15, 0.2) is 48.5 Å². The third kappa shape index (κ3) is 5.68. The molecule has 9 heteroatoms. The molecule has 6 nitrogen and oxygen atoms in total. The van der Waals surface area contributed by atoms with Gasteiger partial charge >= 0.3 is 6.61 Å². The number of hydrogen-bond acceptors (Lipinski definition) is 4. The van der Waals surface area contributed by atoms with Crippen molar-refractivity contribution in [1.82, 2.24) is 5.32 Å². The Labute approximate surface area is 171 Å². The highest BCUT2D eigenvalue weighted by atomic mass is 35.5. The van der Waals surface area contributed by atoms with E-state index in [1.54, 1.807) is 36.4 Å². The summed E-state index contributed by atoms with van der Waals surface area (Å²) in [6.07, 6.45) is 2.60. The predicted octanol–water partition coefficient (Wildman–Crippen LogP) is 3.53. The van der Waals surface area contributed by atoms with Gasteiger partial charge in [-0.1, -0.05) is 29.8 Å². The Morgan fingerprint density at radius 1 is 1.28 bits per heavy atom. The van der Waals surface area contributed by atoms with Gasteiger partial charge in [0.15, 0.2) is 0 Å². The zero-order chi connectivity index (χ0) is 20.8. The van der Waals surface area contributed by atoms with Crippen LogP contribution in [0.25, 0.3) is 6.08 Å². The molecule has 1 heterocycles. The maximum absolute atomic E-state index is 12.4. The van der Waals surface area contributed by atoms with E-state index in [4.69, 9.17) is 11.6 Å². The SMILES string of the molecule is O=C(/C=C/c1ccccc1OC(F)F)Nc1ccc(N2CCNC(=O)C2)c(Cl)c1. The molecule has 1 saturated heterocycles. The second kappa shape index (κ2) is 9.38. The highest BCUT2D eigenvalue weighted by molar-refractivity contribution is 6.33. The molecule has 0 radical (unpaired) electrons. The fourth-order valence-electron chi connectivity index (χ4n) is 2.86. The number of alkyl halides is 2. The number of rotatable bonds is 6. The van der Waals surface area contributed by atoms with Crippen LogP contribution in [0.5, 0.6) is 5.75 Å². The van der Waals surface area contributed by atoms with E-state index in [0.717, 1.165) is 0 Å². The van der Waals surface area contributed by atoms with Gasteiger partial charge in [0.25, 0.3) is 0 Å². The normalized spacial score (nSPS) is 14.2. The van der Waals surface area contributed by atoms with Gasteiger partial charge in [0.05, 0.1) is 17.3 Å². The van der Waals surface area contributed by atoms with E-state index in [1.165, 1.54) is 18.2 Å². The predicted molar refractivity (Wildman–Crippen MR) is 107 cm³/mol. The van der Waals surface area contributed by atoms with Crippen LogP contribution in [0, 0.1) is 0 Å². The first-order chi connectivity index (χ1) is 13.9. The summed E-state index contributed by atoms with van der Waals surface area (Å²) in [5.74, 6) is -0.562. The Kier molecular flexibility index (Phi) is 6.66. The Bertz CT molecular complexity index is 937. The van der Waals surface area contributed by atoms with Crippen molar-refractivity contribution in [2.45, 2.75) is 6.61 Å². The topological polar surface area (TPSA) is 70.7 Å². The van der Waals surface area contributed by atoms with E-state index in [1.807, 2.05) is 4.90 Å². The third-order valence-electron chi connectivity index (χ3n) is 4.14. The van der Waals surface area contributed by atoms with Crippen molar-refractivity contribution < 1.29 is 23.1 Å². The summed E-state index contributed by atoms with van der Waals surface area (Å²) < 4.78 is 29.3. The van der Waals surface area contributed by atoms with E-state index >= 15 is 0 Å². The lowest BCUT2D eigenvalue weighted by atomic mass is 10.2. The average Bonchev–Trinajstić information content (AvgIpc) is 2.67. The molecular formula is C20H18ClF2N3O3. The molecule has 0 unspecified atom stereocenters. The molecule has 29 heavy (non-hydrogen) atoms. The lowest BCUT2D eigenvalue weighted by Gasteiger charge is -2.29. The van der Waals surface area contributed by atoms with E-state index < -0.39 is 12.5 Å². The number of hydrogen-bond donors (Lipinski definition) is 2. The van der Waals surface area contributed by atoms with Gasteiger partial charge in [-0.15, -0.1) is 0 Å². The van der Waals surface area contributed by atoms with Gasteiger partial charge in [-0.3, -0.25) is 9.59 Å². The first kappa shape index (κ1) is 20.6. The van der Waals surface area contributed by atoms with Crippen molar-refractivity contribution in [3.63, 3.8) is 0 Å². The molecule has 3 rings (SSSR count). The number of carbonyl (C=O) groups is 2. The van der Waals surface area contributed by atoms with E-state index in [2.05, 4.69) is 15.4 Å². The minimum Gasteiger partial charge on any atom is -0.434 e. The summed E-state index contributed by atoms with van der Waals surface area (Å²) in [4.78, 5) is 25.6. The molecule has 0 aromatic heterocycles. The number of anilines is 2. The largest absolute Gasteiger partial charge is 0.434 e. The number of ether oxygens (including phenoxy) is 1. The number of nitrogens with one attached hydrogen (secondary N) is 2. The molecule has 1 aliphatic heterocycles. The maximum Gasteiger partial charge on any atom is 0.387 e. The first-order valence-corrected chi connectivity index (χ1v) is 9.14. The minimum absolute atomic E-state index is 0.0236. The van der Waals surface area contributed by atoms with Crippen LogP contribution >= 0.6 is 11.6 Å². The molecule has 152 valence electrons. The fourth-order valence-corrected chi connectivity index (χ4v) is 3.16. The van der Waals surface area contributed by atoms with Gasteiger partial charge < -0.3 is 20.3 Å². The van der Waals surface area contributed by atoms with Crippen LogP contribution in [0.1, 0.15) is 5.56 Å². The maximum atomic E-state index is 12.4. The van der Waals surface area contributed by atoms with Gasteiger partial charge in [0.1, 0.15) is 5.75 Å². The third-order valence-corrected chi connectivity index (χ3v) is 4.45. The quantitative estimate of drug-likeness (QED) is 0.700. The zero-order valence-electron chi connectivity index (χ0n) is 15.2. The second-order valence-corrected chi connectivity index (χ2v) is 6.58. The molecule has 2 N–H and O–H groups in total. The Morgan fingerprint density at radius 3 is 2.79 bits per heavy atom. The van der Waals surface area contributed by atoms with Crippen molar-refractivity contribution in [2.75, 3.05) is 29.9 Å². The summed E-state index contributed by atoms with van der Waals surface area (Å²) in [5, 5.41) is 5.80. The first-order valence-electron chi connectivity index (χ1n) is 8.76. The molecule has 0 aliphatic carbocycles. The Hall–Kier alpha value is -3.13. The van der Waals surface area contributed by atoms with E-state index in [9.17, 15) is 18.4 Å². The Morgan fingerprint density at radius 2 is 2.07 bits per heavy atom. The standard InChI is InChI=1S/C20H18ClF2N3O3/c21-15-11-14(6-7-16(15)26-10-9-24-19(28)12-26)25-18(27)8-5-13-3-1-2-4-17(13)29-20(22)23/h1-8,11,20H,9-10,12H2,(H,24,28)(H,25,27)/b8-5+. The highest BCUT2D eigenvalue weighted by Crippen LogP contribution is 2.29. The molecule has 0 saturated carbocycles. The van der Waals surface area contributed by atoms with Crippen molar-refractivity contribution in [3.8, 4) is 5.75 Å². The van der Waals surface area contributed by atoms with Crippen LogP contribution in [0.4, 0.5) is 20.2 Å². The van der Waals surface area contributed by atoms with Gasteiger partial charge in [-0.05, 0) is 30.3 Å². The van der Waals surface area contributed by atoms with Gasteiger partial charge in [-0.25, -0.2) is 0 Å². The van der Waals surface area contributed by atoms with Crippen LogP contribution < -0.4 is 20.3 Å². The second-order valence-electron chi connectivity index (χ2n) is 6.18. The summed E-state index contributed by atoms with van der Waals surface area (Å²) in [6, 6.07) is 11.1. The summed E-state index contributed by atoms with van der Waals surface area (Å²) in [6.45, 7) is -1.56. The number of piperazine rings is 1. The molecule has 0 bridgehead atoms. The molecule has 2 amide bonds. The van der Waals surface area contributed by atoms with Gasteiger partial charge in [0, 0.05) is 30.4 Å². The monoisotopic (exact) mass is 421 g/mol. The molecule has 1 fully saturated rings. The highest BCUT2D eigenvalue weighted by Gasteiger charge is 2.18. The summed E-state index contributed by atoms with van der Waals surface area (Å²) in [7, 11) is 0. The van der Waals surface area contributed by atoms with Crippen LogP contribution in [-0.2, 0) is 9.59 Å². The molecule has 2 aromatic rings.